The Kier molecular flexibility index (Phi) is 12.8. The number of amides is 1. The number of hydrogen-bond acceptors (Lipinski definition) is 11. The highest BCUT2D eigenvalue weighted by Crippen LogP contribution is 2.44. The first kappa shape index (κ1) is 44.1. The number of carbonyl (C=O) groups is 1. The van der Waals surface area contributed by atoms with Crippen molar-refractivity contribution in [3.8, 4) is 11.5 Å². The second kappa shape index (κ2) is 18.3. The van der Waals surface area contributed by atoms with Crippen molar-refractivity contribution >= 4 is 61.2 Å². The number of sulfonamides is 1. The molecule has 0 radical (unpaired) electrons. The molecular weight excluding hydrogens is 849 g/mol. The second-order valence-electron chi connectivity index (χ2n) is 17.5. The molecule has 0 spiro atoms. The number of fused-ring (bicyclic) bond motifs is 1. The van der Waals surface area contributed by atoms with Crippen LogP contribution in [0.4, 0.5) is 21.5 Å². The number of nitrogens with one attached hydrogen (secondary N) is 3. The van der Waals surface area contributed by atoms with Gasteiger partial charge >= 0.3 is 0 Å². The number of piperazine rings is 1. The Morgan fingerprint density at radius 2 is 1.87 bits per heavy atom. The van der Waals surface area contributed by atoms with Crippen LogP contribution in [0.5, 0.6) is 11.5 Å². The van der Waals surface area contributed by atoms with Gasteiger partial charge in [-0.3, -0.25) is 19.8 Å². The number of benzene rings is 3. The maximum Gasteiger partial charge on any atom is 0.296 e. The van der Waals surface area contributed by atoms with Crippen LogP contribution in [0.25, 0.3) is 16.6 Å². The predicted molar refractivity (Wildman–Crippen MR) is 242 cm³/mol. The Labute approximate surface area is 371 Å². The van der Waals surface area contributed by atoms with Crippen molar-refractivity contribution in [1.29, 1.82) is 0 Å². The van der Waals surface area contributed by atoms with E-state index in [0.29, 0.717) is 61.6 Å². The summed E-state index contributed by atoms with van der Waals surface area (Å²) in [6, 6.07) is 18.2. The zero-order valence-corrected chi connectivity index (χ0v) is 37.0. The number of nitrogens with zero attached hydrogens (tertiary/aromatic N) is 4. The number of ether oxygens (including phenoxy) is 2. The zero-order valence-electron chi connectivity index (χ0n) is 35.5. The molecule has 8 rings (SSSR count). The van der Waals surface area contributed by atoms with Gasteiger partial charge in [-0.1, -0.05) is 43.2 Å². The quantitative estimate of drug-likeness (QED) is 0.0760. The topological polar surface area (TPSA) is 172 Å². The van der Waals surface area contributed by atoms with Crippen molar-refractivity contribution < 1.29 is 32.0 Å². The third-order valence-electron chi connectivity index (χ3n) is 12.4. The Hall–Kier alpha value is -5.55. The number of pyridine rings is 1. The molecule has 1 atom stereocenters. The summed E-state index contributed by atoms with van der Waals surface area (Å²) in [5.74, 6) is -1.75. The van der Waals surface area contributed by atoms with Crippen LogP contribution in [0, 0.1) is 27.3 Å². The van der Waals surface area contributed by atoms with Gasteiger partial charge in [0.2, 0.25) is 0 Å². The number of nitro groups is 1. The van der Waals surface area contributed by atoms with E-state index in [1.165, 1.54) is 29.0 Å². The molecule has 3 N–H and O–H groups in total. The molecule has 3 aromatic carbocycles. The Morgan fingerprint density at radius 3 is 2.62 bits per heavy atom. The largest absolute Gasteiger partial charge is 0.455 e. The van der Waals surface area contributed by atoms with Crippen molar-refractivity contribution in [2.45, 2.75) is 63.8 Å². The van der Waals surface area contributed by atoms with Gasteiger partial charge in [-0.25, -0.2) is 22.5 Å². The van der Waals surface area contributed by atoms with Crippen molar-refractivity contribution in [3.05, 3.63) is 117 Å². The summed E-state index contributed by atoms with van der Waals surface area (Å²) < 4.78 is 56.5. The molecular formula is C46H51ClFN7O7S. The van der Waals surface area contributed by atoms with Crippen LogP contribution in [0.2, 0.25) is 5.02 Å². The molecule has 4 heterocycles. The molecule has 2 fully saturated rings. The van der Waals surface area contributed by atoms with Crippen LogP contribution in [0.1, 0.15) is 68.8 Å². The fourth-order valence-corrected chi connectivity index (χ4v) is 9.85. The first-order chi connectivity index (χ1) is 30.1. The van der Waals surface area contributed by atoms with Gasteiger partial charge in [0.25, 0.3) is 21.6 Å². The third kappa shape index (κ3) is 10.1. The summed E-state index contributed by atoms with van der Waals surface area (Å²) in [7, 11) is -4.82. The normalized spacial score (nSPS) is 18.7. The highest BCUT2D eigenvalue weighted by Gasteiger charge is 2.33. The molecule has 332 valence electrons. The van der Waals surface area contributed by atoms with Gasteiger partial charge in [0.1, 0.15) is 22.8 Å². The van der Waals surface area contributed by atoms with E-state index in [4.69, 9.17) is 21.1 Å². The molecule has 14 nitrogen and oxygen atoms in total. The first-order valence-corrected chi connectivity index (χ1v) is 23.1. The number of nitro benzene ring substituents is 1. The summed E-state index contributed by atoms with van der Waals surface area (Å²) in [5, 5.41) is 16.3. The first-order valence-electron chi connectivity index (χ1n) is 21.2. The number of aromatic amines is 1. The average Bonchev–Trinajstić information content (AvgIpc) is 3.73. The van der Waals surface area contributed by atoms with E-state index in [2.05, 4.69) is 58.0 Å². The fourth-order valence-electron chi connectivity index (χ4n) is 8.73. The number of hydrogen-bond donors (Lipinski definition) is 3. The molecule has 17 heteroatoms. The number of anilines is 2. The Balaban J connectivity index is 1.03. The summed E-state index contributed by atoms with van der Waals surface area (Å²) >= 11 is 6.25. The van der Waals surface area contributed by atoms with Crippen LogP contribution >= 0.6 is 11.6 Å². The minimum atomic E-state index is -4.82. The van der Waals surface area contributed by atoms with Gasteiger partial charge < -0.3 is 24.7 Å². The molecule has 3 aliphatic rings. The van der Waals surface area contributed by atoms with E-state index in [1.54, 1.807) is 24.4 Å². The summed E-state index contributed by atoms with van der Waals surface area (Å²) in [6.45, 7) is 11.1. The van der Waals surface area contributed by atoms with E-state index in [0.717, 1.165) is 49.5 Å². The lowest BCUT2D eigenvalue weighted by Gasteiger charge is -2.43. The van der Waals surface area contributed by atoms with Crippen LogP contribution in [-0.2, 0) is 14.8 Å². The molecule has 0 bridgehead atoms. The number of allylic oxidation sites excluding steroid dienone is 1. The molecule has 1 aliphatic carbocycles. The molecule has 1 amide bonds. The van der Waals surface area contributed by atoms with E-state index in [9.17, 15) is 23.3 Å². The number of carbonyl (C=O) groups excluding carboxylic acids is 1. The molecule has 5 aromatic rings. The highest BCUT2D eigenvalue weighted by molar-refractivity contribution is 7.90. The summed E-state index contributed by atoms with van der Waals surface area (Å²) in [6.07, 6.45) is 7.75. The summed E-state index contributed by atoms with van der Waals surface area (Å²) in [4.78, 5) is 36.5. The number of H-pyrrole nitrogens is 1. The molecule has 2 aliphatic heterocycles. The van der Waals surface area contributed by atoms with Gasteiger partial charge in [-0.05, 0) is 104 Å². The molecule has 0 saturated carbocycles. The molecule has 0 unspecified atom stereocenters. The van der Waals surface area contributed by atoms with Crippen molar-refractivity contribution in [2.24, 2.45) is 11.3 Å². The van der Waals surface area contributed by atoms with Crippen LogP contribution in [0.15, 0.2) is 89.6 Å². The highest BCUT2D eigenvalue weighted by atomic mass is 35.5. The van der Waals surface area contributed by atoms with Gasteiger partial charge in [-0.2, -0.15) is 0 Å². The lowest BCUT2D eigenvalue weighted by atomic mass is 9.72. The predicted octanol–water partition coefficient (Wildman–Crippen LogP) is 9.19. The van der Waals surface area contributed by atoms with E-state index < -0.39 is 42.9 Å². The maximum absolute atomic E-state index is 15.5. The van der Waals surface area contributed by atoms with Crippen molar-refractivity contribution in [2.75, 3.05) is 56.2 Å². The monoisotopic (exact) mass is 899 g/mol. The smallest absolute Gasteiger partial charge is 0.296 e. The van der Waals surface area contributed by atoms with Gasteiger partial charge in [0.15, 0.2) is 5.82 Å². The standard InChI is InChI=1S/C46H51ClFN7O7S/c1-29-27-54(17-16-53(29)28-33-10-14-46(2,3)24-39(33)31-4-6-34(47)7-5-31)35-8-9-38(42(21-35)62-36-20-32-11-15-49-44(32)51-26-36)45(56)52-63(59,60)37-22-40(48)43(41(23-37)55(57)58)50-25-30-12-18-61-19-13-30/h4-9,11,15,20-23,26,29-30,50H,10,12-14,16-19,24-25,27-28H2,1-3H3,(H,49,51)(H,52,56)/t29-/m0/s1. The number of aromatic nitrogens is 2. The fraction of sp³-hybridized carbons (Fsp3) is 0.391. The van der Waals surface area contributed by atoms with Gasteiger partial charge in [0, 0.05) is 86.4 Å². The van der Waals surface area contributed by atoms with E-state index in [1.807, 2.05) is 22.9 Å². The van der Waals surface area contributed by atoms with Gasteiger partial charge in [-0.15, -0.1) is 0 Å². The van der Waals surface area contributed by atoms with E-state index >= 15 is 4.39 Å². The van der Waals surface area contributed by atoms with E-state index in [-0.39, 0.29) is 35.2 Å². The average molecular weight is 900 g/mol. The lowest BCUT2D eigenvalue weighted by Crippen LogP contribution is -2.52. The zero-order chi connectivity index (χ0) is 44.5. The Morgan fingerprint density at radius 1 is 1.10 bits per heavy atom. The number of halogens is 2. The van der Waals surface area contributed by atoms with Crippen LogP contribution < -0.4 is 19.7 Å². The van der Waals surface area contributed by atoms with Gasteiger partial charge in [0.05, 0.1) is 21.6 Å². The van der Waals surface area contributed by atoms with Crippen LogP contribution in [-0.4, -0.2) is 86.1 Å². The molecule has 63 heavy (non-hydrogen) atoms. The van der Waals surface area contributed by atoms with Crippen molar-refractivity contribution in [1.82, 2.24) is 19.6 Å². The minimum absolute atomic E-state index is 0.0550. The Bertz CT molecular complexity index is 2670. The molecule has 2 saturated heterocycles. The maximum atomic E-state index is 15.5. The minimum Gasteiger partial charge on any atom is -0.455 e. The number of rotatable bonds is 13. The van der Waals surface area contributed by atoms with Crippen molar-refractivity contribution in [3.63, 3.8) is 0 Å². The second-order valence-corrected chi connectivity index (χ2v) is 19.6. The van der Waals surface area contributed by atoms with Crippen LogP contribution in [0.3, 0.4) is 0 Å². The summed E-state index contributed by atoms with van der Waals surface area (Å²) in [5.41, 5.74) is 4.31. The lowest BCUT2D eigenvalue weighted by molar-refractivity contribution is -0.384. The third-order valence-corrected chi connectivity index (χ3v) is 14.0. The molecule has 2 aromatic heterocycles. The SMILES string of the molecule is C[C@H]1CN(c2ccc(C(=O)NS(=O)(=O)c3cc(F)c(NCC4CCOCC4)c([N+](=O)[O-])c3)c(Oc3cnc4[nH]ccc4c3)c2)CCN1CC1=C(c2ccc(Cl)cc2)CC(C)(C)CC1.